The minimum atomic E-state index is -0.164. The predicted molar refractivity (Wildman–Crippen MR) is 77.6 cm³/mol. The fraction of sp³-hybridized carbons (Fsp3) is 0.571. The first-order valence-corrected chi connectivity index (χ1v) is 7.33. The molecule has 112 valence electrons. The molecule has 3 rings (SSSR count). The van der Waals surface area contributed by atoms with E-state index in [1.807, 2.05) is 10.7 Å². The number of aromatic nitrogens is 5. The molecule has 1 saturated heterocycles. The van der Waals surface area contributed by atoms with Crippen LogP contribution in [0, 0.1) is 0 Å². The minimum Gasteiger partial charge on any atom is -0.287 e. The van der Waals surface area contributed by atoms with Gasteiger partial charge >= 0.3 is 0 Å². The lowest BCUT2D eigenvalue weighted by atomic mass is 10.1. The Morgan fingerprint density at radius 3 is 3.00 bits per heavy atom. The largest absolute Gasteiger partial charge is 0.287 e. The van der Waals surface area contributed by atoms with Crippen molar-refractivity contribution in [3.8, 4) is 0 Å². The van der Waals surface area contributed by atoms with Crippen LogP contribution in [0.4, 0.5) is 0 Å². The lowest BCUT2D eigenvalue weighted by Crippen LogP contribution is -2.26. The Bertz CT molecular complexity index is 641. The molecular formula is C14H20N6O. The molecule has 1 aliphatic heterocycles. The van der Waals surface area contributed by atoms with E-state index in [1.165, 1.54) is 6.07 Å². The second-order valence-electron chi connectivity index (χ2n) is 5.69. The topological polar surface area (TPSA) is 79.7 Å². The third-order valence-electron chi connectivity index (χ3n) is 3.89. The van der Waals surface area contributed by atoms with Crippen LogP contribution >= 0.6 is 0 Å². The van der Waals surface area contributed by atoms with Crippen LogP contribution in [0.1, 0.15) is 50.3 Å². The van der Waals surface area contributed by atoms with E-state index >= 15 is 0 Å². The number of nitrogens with zero attached hydrogens (tertiary/aromatic N) is 5. The summed E-state index contributed by atoms with van der Waals surface area (Å²) in [5.74, 6) is 0.973. The van der Waals surface area contributed by atoms with Crippen LogP contribution in [0.2, 0.25) is 0 Å². The van der Waals surface area contributed by atoms with Crippen LogP contribution in [0.3, 0.4) is 0 Å². The number of rotatable bonds is 4. The molecule has 0 amide bonds. The number of nitrogens with one attached hydrogen (secondary N) is 1. The Kier molecular flexibility index (Phi) is 3.83. The number of hydrogen-bond donors (Lipinski definition) is 1. The molecule has 0 saturated carbocycles. The highest BCUT2D eigenvalue weighted by atomic mass is 16.1. The van der Waals surface area contributed by atoms with Gasteiger partial charge in [-0.3, -0.25) is 9.69 Å². The standard InChI is InChI=1S/C14H20N6O/c1-10(2)20-13(15-9-16-20)8-19-7-3-4-12(19)11-5-6-14(21)18-17-11/h5-6,9-10,12H,3-4,7-8H2,1-2H3,(H,18,21). The van der Waals surface area contributed by atoms with E-state index in [2.05, 4.69) is 39.0 Å². The van der Waals surface area contributed by atoms with Crippen molar-refractivity contribution in [1.82, 2.24) is 29.9 Å². The Hall–Kier alpha value is -2.02. The third-order valence-corrected chi connectivity index (χ3v) is 3.89. The smallest absolute Gasteiger partial charge is 0.264 e. The van der Waals surface area contributed by atoms with Crippen LogP contribution in [0.25, 0.3) is 0 Å². The van der Waals surface area contributed by atoms with Crippen molar-refractivity contribution in [3.05, 3.63) is 40.3 Å². The zero-order chi connectivity index (χ0) is 14.8. The summed E-state index contributed by atoms with van der Waals surface area (Å²) in [6.07, 6.45) is 3.79. The van der Waals surface area contributed by atoms with E-state index in [4.69, 9.17) is 0 Å². The molecular weight excluding hydrogens is 268 g/mol. The minimum absolute atomic E-state index is 0.164. The van der Waals surface area contributed by atoms with E-state index in [0.717, 1.165) is 37.4 Å². The zero-order valence-electron chi connectivity index (χ0n) is 12.4. The van der Waals surface area contributed by atoms with Crippen LogP contribution in [0.15, 0.2) is 23.3 Å². The maximum Gasteiger partial charge on any atom is 0.264 e. The first-order chi connectivity index (χ1) is 10.1. The van der Waals surface area contributed by atoms with Gasteiger partial charge in [0.05, 0.1) is 18.3 Å². The van der Waals surface area contributed by atoms with E-state index in [1.54, 1.807) is 6.33 Å². The van der Waals surface area contributed by atoms with Crippen molar-refractivity contribution in [2.75, 3.05) is 6.54 Å². The molecule has 1 fully saturated rings. The lowest BCUT2D eigenvalue weighted by Gasteiger charge is -2.23. The second-order valence-corrected chi connectivity index (χ2v) is 5.69. The molecule has 7 nitrogen and oxygen atoms in total. The third kappa shape index (κ3) is 2.87. The molecule has 1 unspecified atom stereocenters. The zero-order valence-corrected chi connectivity index (χ0v) is 12.4. The number of aromatic amines is 1. The maximum absolute atomic E-state index is 11.1. The highest BCUT2D eigenvalue weighted by Crippen LogP contribution is 2.31. The van der Waals surface area contributed by atoms with Crippen molar-refractivity contribution >= 4 is 0 Å². The van der Waals surface area contributed by atoms with Gasteiger partial charge in [0.2, 0.25) is 0 Å². The van der Waals surface area contributed by atoms with Gasteiger partial charge in [0.1, 0.15) is 12.2 Å². The monoisotopic (exact) mass is 288 g/mol. The molecule has 0 radical (unpaired) electrons. The first kappa shape index (κ1) is 13.9. The van der Waals surface area contributed by atoms with Crippen LogP contribution in [-0.2, 0) is 6.54 Å². The highest BCUT2D eigenvalue weighted by Gasteiger charge is 2.28. The quantitative estimate of drug-likeness (QED) is 0.916. The molecule has 1 N–H and O–H groups in total. The molecule has 0 aromatic carbocycles. The lowest BCUT2D eigenvalue weighted by molar-refractivity contribution is 0.230. The summed E-state index contributed by atoms with van der Waals surface area (Å²) in [7, 11) is 0. The van der Waals surface area contributed by atoms with Gasteiger partial charge in [-0.15, -0.1) is 0 Å². The molecule has 1 aliphatic rings. The molecule has 21 heavy (non-hydrogen) atoms. The Morgan fingerprint density at radius 2 is 2.29 bits per heavy atom. The van der Waals surface area contributed by atoms with Crippen molar-refractivity contribution in [2.45, 2.75) is 45.3 Å². The molecule has 2 aromatic rings. The summed E-state index contributed by atoms with van der Waals surface area (Å²) in [6.45, 7) is 5.96. The number of H-pyrrole nitrogens is 1. The average Bonchev–Trinajstić information content (AvgIpc) is 3.09. The fourth-order valence-electron chi connectivity index (χ4n) is 2.89. The summed E-state index contributed by atoms with van der Waals surface area (Å²) in [5.41, 5.74) is 0.755. The summed E-state index contributed by atoms with van der Waals surface area (Å²) in [6, 6.07) is 3.89. The molecule has 7 heteroatoms. The van der Waals surface area contributed by atoms with Crippen LogP contribution in [0.5, 0.6) is 0 Å². The van der Waals surface area contributed by atoms with Gasteiger partial charge in [-0.1, -0.05) is 0 Å². The van der Waals surface area contributed by atoms with E-state index < -0.39 is 0 Å². The van der Waals surface area contributed by atoms with Gasteiger partial charge in [-0.05, 0) is 39.3 Å². The van der Waals surface area contributed by atoms with Crippen molar-refractivity contribution in [2.24, 2.45) is 0 Å². The average molecular weight is 288 g/mol. The SMILES string of the molecule is CC(C)n1ncnc1CN1CCCC1c1ccc(=O)[nH]n1. The summed E-state index contributed by atoms with van der Waals surface area (Å²) in [5, 5.41) is 11.0. The Morgan fingerprint density at radius 1 is 1.43 bits per heavy atom. The van der Waals surface area contributed by atoms with Gasteiger partial charge in [0.25, 0.3) is 5.56 Å². The van der Waals surface area contributed by atoms with Gasteiger partial charge in [-0.2, -0.15) is 10.2 Å². The highest BCUT2D eigenvalue weighted by molar-refractivity contribution is 5.08. The summed E-state index contributed by atoms with van der Waals surface area (Å²) >= 11 is 0. The van der Waals surface area contributed by atoms with Gasteiger partial charge in [-0.25, -0.2) is 14.8 Å². The van der Waals surface area contributed by atoms with Crippen molar-refractivity contribution in [3.63, 3.8) is 0 Å². The Balaban J connectivity index is 1.79. The van der Waals surface area contributed by atoms with Gasteiger partial charge in [0, 0.05) is 12.1 Å². The first-order valence-electron chi connectivity index (χ1n) is 7.33. The molecule has 0 spiro atoms. The van der Waals surface area contributed by atoms with Crippen LogP contribution in [-0.4, -0.2) is 36.4 Å². The molecule has 0 aliphatic carbocycles. The Labute approximate surface area is 123 Å². The predicted octanol–water partition coefficient (Wildman–Crippen LogP) is 1.28. The second kappa shape index (κ2) is 5.77. The van der Waals surface area contributed by atoms with E-state index in [9.17, 15) is 4.79 Å². The number of likely N-dealkylation sites (tertiary alicyclic amines) is 1. The van der Waals surface area contributed by atoms with E-state index in [0.29, 0.717) is 6.04 Å². The van der Waals surface area contributed by atoms with Gasteiger partial charge in [0.15, 0.2) is 0 Å². The molecule has 2 aromatic heterocycles. The maximum atomic E-state index is 11.1. The number of hydrogen-bond acceptors (Lipinski definition) is 5. The van der Waals surface area contributed by atoms with Crippen molar-refractivity contribution < 1.29 is 0 Å². The fourth-order valence-corrected chi connectivity index (χ4v) is 2.89. The summed E-state index contributed by atoms with van der Waals surface area (Å²) in [4.78, 5) is 17.9. The van der Waals surface area contributed by atoms with Crippen molar-refractivity contribution in [1.29, 1.82) is 0 Å². The normalized spacial score (nSPS) is 19.5. The van der Waals surface area contributed by atoms with Gasteiger partial charge < -0.3 is 0 Å². The molecule has 1 atom stereocenters. The van der Waals surface area contributed by atoms with Crippen LogP contribution < -0.4 is 5.56 Å². The molecule has 3 heterocycles. The van der Waals surface area contributed by atoms with E-state index in [-0.39, 0.29) is 11.6 Å². The molecule has 0 bridgehead atoms. The summed E-state index contributed by atoms with van der Waals surface area (Å²) < 4.78 is 1.95.